The van der Waals surface area contributed by atoms with E-state index in [0.717, 1.165) is 34.4 Å². The molecule has 0 N–H and O–H groups in total. The molecule has 0 saturated heterocycles. The van der Waals surface area contributed by atoms with Crippen LogP contribution >= 0.6 is 0 Å². The Hall–Kier alpha value is -7.22. The molecule has 2 aromatic carbocycles. The van der Waals surface area contributed by atoms with Crippen molar-refractivity contribution in [3.8, 4) is 45.7 Å². The first-order valence-electron chi connectivity index (χ1n) is 16.7. The first kappa shape index (κ1) is 33.9. The van der Waals surface area contributed by atoms with Gasteiger partial charge in [-0.1, -0.05) is 46.2 Å². The second kappa shape index (κ2) is 14.4. The summed E-state index contributed by atoms with van der Waals surface area (Å²) in [4.78, 5) is 43.9. The molecule has 12 nitrogen and oxygen atoms in total. The molecule has 8 rings (SSSR count). The first-order chi connectivity index (χ1) is 26.3. The minimum atomic E-state index is -1.05. The summed E-state index contributed by atoms with van der Waals surface area (Å²) < 4.78 is 41.7. The van der Waals surface area contributed by atoms with Gasteiger partial charge < -0.3 is 18.2 Å². The number of aromatic nitrogens is 8. The zero-order valence-corrected chi connectivity index (χ0v) is 28.6. The Bertz CT molecular complexity index is 2740. The number of halogens is 2. The molecule has 8 aromatic rings. The molecule has 0 fully saturated rings. The van der Waals surface area contributed by atoms with Crippen molar-refractivity contribution in [1.82, 2.24) is 39.4 Å². The van der Waals surface area contributed by atoms with Gasteiger partial charge in [0, 0.05) is 66.4 Å². The molecule has 0 aliphatic rings. The predicted octanol–water partition coefficient (Wildman–Crippen LogP) is 6.51. The molecule has 0 aliphatic carbocycles. The lowest BCUT2D eigenvalue weighted by atomic mass is 10.0. The monoisotopic (exact) mass is 722 g/mol. The van der Waals surface area contributed by atoms with Gasteiger partial charge in [-0.2, -0.15) is 9.97 Å². The predicted molar refractivity (Wildman–Crippen MR) is 193 cm³/mol. The highest BCUT2D eigenvalue weighted by Crippen LogP contribution is 2.27. The molecule has 0 saturated carbocycles. The lowest BCUT2D eigenvalue weighted by molar-refractivity contribution is 0.431. The summed E-state index contributed by atoms with van der Waals surface area (Å²) in [7, 11) is 0. The minimum absolute atomic E-state index is 0.0486. The van der Waals surface area contributed by atoms with Crippen LogP contribution in [0.25, 0.3) is 45.7 Å². The van der Waals surface area contributed by atoms with Crippen LogP contribution in [0.2, 0.25) is 0 Å². The summed E-state index contributed by atoms with van der Waals surface area (Å²) in [6, 6.07) is 22.9. The van der Waals surface area contributed by atoms with E-state index in [2.05, 4.69) is 30.2 Å². The Balaban J connectivity index is 1.05. The molecule has 54 heavy (non-hydrogen) atoms. The van der Waals surface area contributed by atoms with Crippen LogP contribution in [0.1, 0.15) is 27.9 Å². The summed E-state index contributed by atoms with van der Waals surface area (Å²) in [5, 5.41) is 8.10. The average molecular weight is 723 g/mol. The van der Waals surface area contributed by atoms with Crippen LogP contribution in [0.3, 0.4) is 0 Å². The summed E-state index contributed by atoms with van der Waals surface area (Å²) in [5.74, 6) is -1.19. The second-order valence-electron chi connectivity index (χ2n) is 12.6. The summed E-state index contributed by atoms with van der Waals surface area (Å²) in [5.41, 5.74) is 5.40. The van der Waals surface area contributed by atoms with E-state index in [1.54, 1.807) is 43.1 Å². The Morgan fingerprint density at radius 2 is 1.41 bits per heavy atom. The van der Waals surface area contributed by atoms with E-state index in [1.807, 2.05) is 49.4 Å². The number of hydrogen-bond donors (Lipinski definition) is 0. The van der Waals surface area contributed by atoms with Crippen molar-refractivity contribution in [3.63, 3.8) is 0 Å². The molecule has 266 valence electrons. The molecule has 0 spiro atoms. The Morgan fingerprint density at radius 1 is 0.667 bits per heavy atom. The van der Waals surface area contributed by atoms with Crippen LogP contribution in [0.4, 0.5) is 8.78 Å². The number of nitrogens with zero attached hydrogens (tertiary/aromatic N) is 8. The topological polar surface area (TPSA) is 148 Å². The van der Waals surface area contributed by atoms with Crippen LogP contribution in [0.15, 0.2) is 135 Å². The third-order valence-electron chi connectivity index (χ3n) is 8.66. The van der Waals surface area contributed by atoms with Gasteiger partial charge in [-0.05, 0) is 66.1 Å². The van der Waals surface area contributed by atoms with Gasteiger partial charge in [-0.25, -0.2) is 8.78 Å². The van der Waals surface area contributed by atoms with E-state index in [1.165, 1.54) is 27.3 Å². The van der Waals surface area contributed by atoms with Crippen molar-refractivity contribution in [1.29, 1.82) is 0 Å². The quantitative estimate of drug-likeness (QED) is 0.153. The lowest BCUT2D eigenvalue weighted by Gasteiger charge is -2.12. The molecule has 0 unspecified atom stereocenters. The molecule has 0 radical (unpaired) electrons. The molecule has 0 aliphatic heterocycles. The lowest BCUT2D eigenvalue weighted by Crippen LogP contribution is -2.21. The highest BCUT2D eigenvalue weighted by Gasteiger charge is 2.19. The summed E-state index contributed by atoms with van der Waals surface area (Å²) >= 11 is 0. The van der Waals surface area contributed by atoms with Crippen molar-refractivity contribution in [3.05, 3.63) is 176 Å². The molecule has 0 bridgehead atoms. The maximum absolute atomic E-state index is 14.0. The number of pyridine rings is 4. The maximum Gasteiger partial charge on any atom is 0.260 e. The van der Waals surface area contributed by atoms with Gasteiger partial charge in [0.1, 0.15) is 0 Å². The molecule has 14 heteroatoms. The molecular weight excluding hydrogens is 694 g/mol. The largest absolute Gasteiger partial charge is 0.334 e. The fourth-order valence-corrected chi connectivity index (χ4v) is 5.92. The fraction of sp³-hybridized carbons (Fsp3) is 0.100. The second-order valence-corrected chi connectivity index (χ2v) is 12.6. The molecule has 0 amide bonds. The van der Waals surface area contributed by atoms with Gasteiger partial charge in [0.05, 0.1) is 24.2 Å². The van der Waals surface area contributed by atoms with E-state index < -0.39 is 11.6 Å². The smallest absolute Gasteiger partial charge is 0.260 e. The Labute approximate surface area is 305 Å². The Morgan fingerprint density at radius 3 is 2.15 bits per heavy atom. The van der Waals surface area contributed by atoms with Crippen molar-refractivity contribution in [2.45, 2.75) is 26.4 Å². The third kappa shape index (κ3) is 7.25. The molecule has 6 heterocycles. The van der Waals surface area contributed by atoms with Crippen molar-refractivity contribution >= 4 is 0 Å². The number of aryl methyl sites for hydroxylation is 1. The number of benzene rings is 2. The standard InChI is InChI=1S/C40H28F2N8O4/c1-24-4-2-6-27(14-24)37-45-39(53-47-37)29-9-12-35(51)49(22-29)21-26-7-10-31(44-19-26)15-30-17-36(52)50(20-25-5-3-13-43-18-25)23-32(30)40-46-38(48-54-40)28-8-11-33(41)34(42)16-28/h2-14,16-19,22-23H,15,20-21H2,1H3. The zero-order valence-electron chi connectivity index (χ0n) is 28.6. The Kier molecular flexibility index (Phi) is 9.05. The molecular formula is C40H28F2N8O4. The third-order valence-corrected chi connectivity index (χ3v) is 8.66. The van der Waals surface area contributed by atoms with E-state index in [9.17, 15) is 18.4 Å². The zero-order chi connectivity index (χ0) is 37.2. The van der Waals surface area contributed by atoms with Gasteiger partial charge in [0.15, 0.2) is 11.6 Å². The average Bonchev–Trinajstić information content (AvgIpc) is 3.88. The maximum atomic E-state index is 14.0. The first-order valence-corrected chi connectivity index (χ1v) is 16.7. The van der Waals surface area contributed by atoms with E-state index >= 15 is 0 Å². The number of rotatable bonds is 10. The highest BCUT2D eigenvalue weighted by molar-refractivity contribution is 5.63. The SMILES string of the molecule is Cc1cccc(-c2noc(-c3ccc(=O)n(Cc4ccc(Cc5cc(=O)n(Cc6cccnc6)cc5-c5nc(-c6ccc(F)c(F)c6)no5)nc4)c3)n2)c1. The van der Waals surface area contributed by atoms with Gasteiger partial charge in [0.2, 0.25) is 11.6 Å². The van der Waals surface area contributed by atoms with Gasteiger partial charge >= 0.3 is 0 Å². The van der Waals surface area contributed by atoms with Crippen LogP contribution in [-0.2, 0) is 19.5 Å². The normalized spacial score (nSPS) is 11.2. The van der Waals surface area contributed by atoms with Gasteiger partial charge in [0.25, 0.3) is 22.9 Å². The van der Waals surface area contributed by atoms with Crippen molar-refractivity contribution < 1.29 is 17.8 Å². The van der Waals surface area contributed by atoms with Crippen molar-refractivity contribution in [2.75, 3.05) is 0 Å². The molecule has 6 aromatic heterocycles. The summed E-state index contributed by atoms with van der Waals surface area (Å²) in [6.45, 7) is 2.44. The van der Waals surface area contributed by atoms with Gasteiger partial charge in [-0.3, -0.25) is 19.6 Å². The van der Waals surface area contributed by atoms with Crippen LogP contribution in [-0.4, -0.2) is 39.4 Å². The van der Waals surface area contributed by atoms with Crippen molar-refractivity contribution in [2.24, 2.45) is 0 Å². The van der Waals surface area contributed by atoms with E-state index in [-0.39, 0.29) is 53.8 Å². The highest BCUT2D eigenvalue weighted by atomic mass is 19.2. The van der Waals surface area contributed by atoms with E-state index in [0.29, 0.717) is 28.2 Å². The minimum Gasteiger partial charge on any atom is -0.334 e. The summed E-state index contributed by atoms with van der Waals surface area (Å²) in [6.07, 6.45) is 8.47. The number of hydrogen-bond acceptors (Lipinski definition) is 10. The van der Waals surface area contributed by atoms with E-state index in [4.69, 9.17) is 9.05 Å². The van der Waals surface area contributed by atoms with Crippen LogP contribution in [0.5, 0.6) is 0 Å². The fourth-order valence-electron chi connectivity index (χ4n) is 5.92. The van der Waals surface area contributed by atoms with Crippen LogP contribution < -0.4 is 11.1 Å². The van der Waals surface area contributed by atoms with Crippen LogP contribution in [0, 0.1) is 18.6 Å². The molecule has 0 atom stereocenters. The van der Waals surface area contributed by atoms with Gasteiger partial charge in [-0.15, -0.1) is 0 Å².